The number of aromatic nitrogens is 1. The van der Waals surface area contributed by atoms with Gasteiger partial charge in [-0.25, -0.2) is 9.79 Å². The van der Waals surface area contributed by atoms with Crippen molar-refractivity contribution in [1.82, 2.24) is 15.6 Å². The van der Waals surface area contributed by atoms with Gasteiger partial charge in [0.2, 0.25) is 0 Å². The average molecular weight is 359 g/mol. The Kier molecular flexibility index (Phi) is 6.23. The second-order valence-electron chi connectivity index (χ2n) is 7.76. The van der Waals surface area contributed by atoms with Crippen LogP contribution in [0.1, 0.15) is 63.2 Å². The number of hydrogen-bond donors (Lipinski definition) is 4. The topological polar surface area (TPSA) is 112 Å². The van der Waals surface area contributed by atoms with Crippen LogP contribution in [0, 0.1) is 5.41 Å². The number of urea groups is 1. The van der Waals surface area contributed by atoms with E-state index in [2.05, 4.69) is 27.2 Å². The molecule has 1 heterocycles. The highest BCUT2D eigenvalue weighted by molar-refractivity contribution is 6.06. The monoisotopic (exact) mass is 359 g/mol. The van der Waals surface area contributed by atoms with E-state index in [4.69, 9.17) is 5.73 Å². The standard InChI is InChI=1S/C19H29N5O2/c1-12(23-18(26)24-13-8-6-5-7-9-13)10-21-17-15(20)14(11-22-17)16(25)19(2,3)4/h10-11,13,22H,1,5-9,20H2,2-4H3,(H2,23,24,26)/b21-10-. The minimum atomic E-state index is -0.528. The normalized spacial score (nSPS) is 15.8. The molecule has 1 fully saturated rings. The molecule has 2 rings (SSSR count). The van der Waals surface area contributed by atoms with Crippen molar-refractivity contribution in [2.75, 3.05) is 5.73 Å². The summed E-state index contributed by atoms with van der Waals surface area (Å²) in [4.78, 5) is 31.4. The van der Waals surface area contributed by atoms with Gasteiger partial charge in [0.1, 0.15) is 0 Å². The van der Waals surface area contributed by atoms with E-state index < -0.39 is 5.41 Å². The Labute approximate surface area is 154 Å². The summed E-state index contributed by atoms with van der Waals surface area (Å²) in [6.07, 6.45) is 8.52. The number of aromatic amines is 1. The third-order valence-electron chi connectivity index (χ3n) is 4.39. The Hall–Kier alpha value is -2.57. The molecule has 0 unspecified atom stereocenters. The van der Waals surface area contributed by atoms with Crippen LogP contribution in [0.5, 0.6) is 0 Å². The molecule has 0 spiro atoms. The summed E-state index contributed by atoms with van der Waals surface area (Å²) < 4.78 is 0. The molecule has 0 atom stereocenters. The van der Waals surface area contributed by atoms with Crippen molar-refractivity contribution < 1.29 is 9.59 Å². The van der Waals surface area contributed by atoms with Gasteiger partial charge in [0, 0.05) is 17.7 Å². The van der Waals surface area contributed by atoms with Crippen molar-refractivity contribution in [2.45, 2.75) is 58.9 Å². The molecular formula is C19H29N5O2. The van der Waals surface area contributed by atoms with Crippen LogP contribution in [0.4, 0.5) is 16.3 Å². The summed E-state index contributed by atoms with van der Waals surface area (Å²) in [6.45, 7) is 9.27. The number of nitrogens with zero attached hydrogens (tertiary/aromatic N) is 1. The van der Waals surface area contributed by atoms with Crippen LogP contribution in [-0.4, -0.2) is 29.1 Å². The summed E-state index contributed by atoms with van der Waals surface area (Å²) in [6, 6.07) is -0.0603. The average Bonchev–Trinajstić information content (AvgIpc) is 2.92. The zero-order valence-electron chi connectivity index (χ0n) is 15.8. The molecule has 1 aromatic rings. The maximum Gasteiger partial charge on any atom is 0.319 e. The highest BCUT2D eigenvalue weighted by Gasteiger charge is 2.26. The molecule has 1 aromatic heterocycles. The van der Waals surface area contributed by atoms with E-state index in [0.717, 1.165) is 25.7 Å². The Morgan fingerprint density at radius 1 is 1.31 bits per heavy atom. The molecular weight excluding hydrogens is 330 g/mol. The van der Waals surface area contributed by atoms with E-state index in [9.17, 15) is 9.59 Å². The van der Waals surface area contributed by atoms with Gasteiger partial charge in [-0.3, -0.25) is 4.79 Å². The van der Waals surface area contributed by atoms with Crippen molar-refractivity contribution in [1.29, 1.82) is 0 Å². The van der Waals surface area contributed by atoms with Gasteiger partial charge in [0.25, 0.3) is 0 Å². The second kappa shape index (κ2) is 8.21. The minimum absolute atomic E-state index is 0.0588. The molecule has 0 bridgehead atoms. The molecule has 2 amide bonds. The van der Waals surface area contributed by atoms with Crippen LogP contribution >= 0.6 is 0 Å². The molecule has 0 radical (unpaired) electrons. The quantitative estimate of drug-likeness (QED) is 0.475. The predicted octanol–water partition coefficient (Wildman–Crippen LogP) is 3.67. The predicted molar refractivity (Wildman–Crippen MR) is 105 cm³/mol. The lowest BCUT2D eigenvalue weighted by Gasteiger charge is -2.22. The summed E-state index contributed by atoms with van der Waals surface area (Å²) in [5.41, 5.74) is 6.54. The fourth-order valence-electron chi connectivity index (χ4n) is 2.91. The lowest BCUT2D eigenvalue weighted by molar-refractivity contribution is 0.0859. The van der Waals surface area contributed by atoms with Crippen molar-refractivity contribution in [3.63, 3.8) is 0 Å². The van der Waals surface area contributed by atoms with Gasteiger partial charge in [-0.2, -0.15) is 0 Å². The van der Waals surface area contributed by atoms with Crippen molar-refractivity contribution in [3.8, 4) is 0 Å². The van der Waals surface area contributed by atoms with Gasteiger partial charge in [-0.15, -0.1) is 0 Å². The lowest BCUT2D eigenvalue weighted by Crippen LogP contribution is -2.42. The zero-order valence-corrected chi connectivity index (χ0v) is 15.8. The number of Topliss-reactive ketones (excluding diaryl/α,β-unsaturated/α-hetero) is 1. The largest absolute Gasteiger partial charge is 0.395 e. The van der Waals surface area contributed by atoms with Crippen LogP contribution in [0.3, 0.4) is 0 Å². The molecule has 0 saturated heterocycles. The van der Waals surface area contributed by atoms with E-state index in [1.807, 2.05) is 20.8 Å². The first-order chi connectivity index (χ1) is 12.2. The lowest BCUT2D eigenvalue weighted by atomic mass is 9.87. The van der Waals surface area contributed by atoms with E-state index in [1.54, 1.807) is 6.20 Å². The first-order valence-corrected chi connectivity index (χ1v) is 9.00. The number of rotatable bonds is 5. The van der Waals surface area contributed by atoms with E-state index >= 15 is 0 Å². The van der Waals surface area contributed by atoms with Crippen LogP contribution in [0.2, 0.25) is 0 Å². The van der Waals surface area contributed by atoms with Crippen molar-refractivity contribution >= 4 is 29.5 Å². The molecule has 7 nitrogen and oxygen atoms in total. The maximum absolute atomic E-state index is 12.3. The Bertz CT molecular complexity index is 706. The summed E-state index contributed by atoms with van der Waals surface area (Å²) in [5.74, 6) is 0.310. The molecule has 7 heteroatoms. The number of nitrogen functional groups attached to an aromatic ring is 1. The fraction of sp³-hybridized carbons (Fsp3) is 0.526. The van der Waals surface area contributed by atoms with Crippen molar-refractivity contribution in [2.24, 2.45) is 10.4 Å². The van der Waals surface area contributed by atoms with Crippen LogP contribution < -0.4 is 16.4 Å². The molecule has 26 heavy (non-hydrogen) atoms. The number of nitrogens with one attached hydrogen (secondary N) is 3. The van der Waals surface area contributed by atoms with E-state index in [1.165, 1.54) is 12.6 Å². The van der Waals surface area contributed by atoms with Gasteiger partial charge in [0.15, 0.2) is 11.6 Å². The number of H-pyrrole nitrogens is 1. The van der Waals surface area contributed by atoms with E-state index in [0.29, 0.717) is 22.8 Å². The van der Waals surface area contributed by atoms with Crippen LogP contribution in [-0.2, 0) is 0 Å². The SMILES string of the molecule is C=C(/C=N\c1[nH]cc(C(=O)C(C)(C)C)c1N)NC(=O)NC1CCCCC1. The maximum atomic E-state index is 12.3. The number of ketones is 1. The molecule has 1 saturated carbocycles. The van der Waals surface area contributed by atoms with Gasteiger partial charge in [-0.05, 0) is 12.8 Å². The number of hydrogen-bond acceptors (Lipinski definition) is 4. The molecule has 142 valence electrons. The first-order valence-electron chi connectivity index (χ1n) is 9.00. The number of carbonyl (C=O) groups excluding carboxylic acids is 2. The molecule has 1 aliphatic carbocycles. The number of amides is 2. The molecule has 0 aliphatic heterocycles. The zero-order chi connectivity index (χ0) is 19.3. The fourth-order valence-corrected chi connectivity index (χ4v) is 2.91. The second-order valence-corrected chi connectivity index (χ2v) is 7.76. The smallest absolute Gasteiger partial charge is 0.319 e. The van der Waals surface area contributed by atoms with Gasteiger partial charge in [-0.1, -0.05) is 46.6 Å². The number of aliphatic imine (C=N–C) groups is 1. The van der Waals surface area contributed by atoms with Gasteiger partial charge in [0.05, 0.1) is 23.2 Å². The molecule has 5 N–H and O–H groups in total. The van der Waals surface area contributed by atoms with E-state index in [-0.39, 0.29) is 17.9 Å². The Morgan fingerprint density at radius 3 is 2.58 bits per heavy atom. The highest BCUT2D eigenvalue weighted by atomic mass is 16.2. The summed E-state index contributed by atoms with van der Waals surface area (Å²) in [5, 5.41) is 5.60. The Balaban J connectivity index is 1.92. The van der Waals surface area contributed by atoms with Gasteiger partial charge < -0.3 is 21.4 Å². The van der Waals surface area contributed by atoms with Crippen LogP contribution in [0.15, 0.2) is 23.5 Å². The molecule has 0 aromatic carbocycles. The summed E-state index contributed by atoms with van der Waals surface area (Å²) in [7, 11) is 0. The summed E-state index contributed by atoms with van der Waals surface area (Å²) >= 11 is 0. The first kappa shape index (κ1) is 19.8. The Morgan fingerprint density at radius 2 is 1.96 bits per heavy atom. The number of nitrogens with two attached hydrogens (primary N) is 1. The van der Waals surface area contributed by atoms with Gasteiger partial charge >= 0.3 is 6.03 Å². The molecule has 1 aliphatic rings. The third kappa shape index (κ3) is 5.21. The number of anilines is 1. The highest BCUT2D eigenvalue weighted by Crippen LogP contribution is 2.30. The van der Waals surface area contributed by atoms with Crippen LogP contribution in [0.25, 0.3) is 0 Å². The number of carbonyl (C=O) groups is 2. The third-order valence-corrected chi connectivity index (χ3v) is 4.39. The van der Waals surface area contributed by atoms with Crippen molar-refractivity contribution in [3.05, 3.63) is 24.0 Å². The number of allylic oxidation sites excluding steroid dienone is 1. The minimum Gasteiger partial charge on any atom is -0.395 e.